The van der Waals surface area contributed by atoms with Gasteiger partial charge in [-0.15, -0.1) is 61.2 Å². The van der Waals surface area contributed by atoms with Gasteiger partial charge in [-0.05, 0) is 12.1 Å². The van der Waals surface area contributed by atoms with E-state index in [1.165, 1.54) is 12.1 Å². The van der Waals surface area contributed by atoms with Gasteiger partial charge < -0.3 is 0 Å². The lowest BCUT2D eigenvalue weighted by molar-refractivity contribution is 1.39. The molecule has 0 atom stereocenters. The maximum absolute atomic E-state index is 3.67. The minimum atomic E-state index is -1.17. The number of halogens is 4. The lowest BCUT2D eigenvalue weighted by Crippen LogP contribution is -2.18. The Morgan fingerprint density at radius 3 is 1.10 bits per heavy atom. The smallest absolute Gasteiger partial charge is 0.111 e. The molecule has 0 nitrogen and oxygen atoms in total. The second-order valence-electron chi connectivity index (χ2n) is 2.64. The van der Waals surface area contributed by atoms with E-state index in [9.17, 15) is 0 Å². The summed E-state index contributed by atoms with van der Waals surface area (Å²) in [5.41, 5.74) is 0. The van der Waals surface area contributed by atoms with Crippen LogP contribution in [0.25, 0.3) is 0 Å². The van der Waals surface area contributed by atoms with Crippen molar-refractivity contribution in [2.45, 2.75) is 25.2 Å². The summed E-state index contributed by atoms with van der Waals surface area (Å²) in [5, 5.41) is -2.33. The van der Waals surface area contributed by atoms with Gasteiger partial charge in [-0.2, -0.15) is 0 Å². The Hall–Kier alpha value is 2.35. The Balaban J connectivity index is 3.56. The van der Waals surface area contributed by atoms with Crippen LogP contribution in [0, 0.1) is 0 Å². The first-order valence-electron chi connectivity index (χ1n) is 2.96. The van der Waals surface area contributed by atoms with Gasteiger partial charge in [-0.25, -0.2) is 0 Å². The molecule has 0 spiro atoms. The van der Waals surface area contributed by atoms with Crippen LogP contribution in [0.3, 0.4) is 0 Å². The van der Waals surface area contributed by atoms with Crippen molar-refractivity contribution in [3.8, 4) is 0 Å². The fourth-order valence-electron chi connectivity index (χ4n) is 0.439. The molecule has 62 valence electrons. The summed E-state index contributed by atoms with van der Waals surface area (Å²) in [7, 11) is 0. The quantitative estimate of drug-likeness (QED) is 0.446. The average molecular weight is 434 g/mol. The first-order valence-corrected chi connectivity index (χ1v) is 17.4. The third-order valence-electron chi connectivity index (χ3n) is 1.00. The second-order valence-corrected chi connectivity index (χ2v) is 35.3. The summed E-state index contributed by atoms with van der Waals surface area (Å²) in [5.74, 6) is 0. The maximum atomic E-state index is 3.67. The summed E-state index contributed by atoms with van der Waals surface area (Å²) in [6.07, 6.45) is 0. The van der Waals surface area contributed by atoms with Crippen molar-refractivity contribution >= 4 is 71.8 Å². The van der Waals surface area contributed by atoms with Crippen LogP contribution < -0.4 is 0 Å². The minimum absolute atomic E-state index is 1.17. The SMILES string of the molecule is C[Si](Br)(Br)CC[Si](C)(Br)Br. The number of hydrogen-bond acceptors (Lipinski definition) is 0. The third kappa shape index (κ3) is 10.4. The Bertz CT molecular complexity index is 88.8. The highest BCUT2D eigenvalue weighted by atomic mass is 79.9. The summed E-state index contributed by atoms with van der Waals surface area (Å²) in [6.45, 7) is 4.51. The Morgan fingerprint density at radius 2 is 1.00 bits per heavy atom. The van der Waals surface area contributed by atoms with Crippen LogP contribution in [0.2, 0.25) is 25.2 Å². The molecule has 0 fully saturated rings. The molecule has 0 aromatic heterocycles. The summed E-state index contributed by atoms with van der Waals surface area (Å²) in [4.78, 5) is 0. The second kappa shape index (κ2) is 4.55. The molecule has 0 saturated heterocycles. The van der Waals surface area contributed by atoms with Crippen molar-refractivity contribution in [1.82, 2.24) is 0 Å². The first-order chi connectivity index (χ1) is 4.21. The van der Waals surface area contributed by atoms with Crippen molar-refractivity contribution in [3.05, 3.63) is 0 Å². The van der Waals surface area contributed by atoms with E-state index >= 15 is 0 Å². The van der Waals surface area contributed by atoms with E-state index in [2.05, 4.69) is 74.3 Å². The van der Waals surface area contributed by atoms with Crippen molar-refractivity contribution < 1.29 is 0 Å². The summed E-state index contributed by atoms with van der Waals surface area (Å²) in [6, 6.07) is 2.54. The van der Waals surface area contributed by atoms with E-state index < -0.39 is 10.6 Å². The average Bonchev–Trinajstić information content (AvgIpc) is 1.57. The highest BCUT2D eigenvalue weighted by Gasteiger charge is 2.26. The molecule has 0 saturated carbocycles. The van der Waals surface area contributed by atoms with Crippen molar-refractivity contribution in [2.24, 2.45) is 0 Å². The number of rotatable bonds is 3. The van der Waals surface area contributed by atoms with Gasteiger partial charge in [0.05, 0.1) is 0 Å². The van der Waals surface area contributed by atoms with Gasteiger partial charge in [-0.3, -0.25) is 0 Å². The molecule has 0 aliphatic rings. The van der Waals surface area contributed by atoms with Crippen molar-refractivity contribution in [1.29, 1.82) is 0 Å². The van der Waals surface area contributed by atoms with Gasteiger partial charge in [-0.1, -0.05) is 13.1 Å². The topological polar surface area (TPSA) is 0 Å². The van der Waals surface area contributed by atoms with E-state index in [1.54, 1.807) is 0 Å². The molecule has 0 aliphatic carbocycles. The van der Waals surface area contributed by atoms with E-state index in [0.717, 1.165) is 0 Å². The highest BCUT2D eigenvalue weighted by Crippen LogP contribution is 2.34. The zero-order valence-corrected chi connectivity index (χ0v) is 14.3. The first kappa shape index (κ1) is 12.4. The molecule has 0 bridgehead atoms. The number of hydrogen-bond donors (Lipinski definition) is 0. The predicted molar refractivity (Wildman–Crippen MR) is 68.6 cm³/mol. The van der Waals surface area contributed by atoms with Crippen LogP contribution in [-0.2, 0) is 0 Å². The van der Waals surface area contributed by atoms with E-state index in [4.69, 9.17) is 0 Å². The maximum Gasteiger partial charge on any atom is 0.197 e. The largest absolute Gasteiger partial charge is 0.197 e. The molecule has 0 N–H and O–H groups in total. The van der Waals surface area contributed by atoms with Crippen LogP contribution in [0.15, 0.2) is 0 Å². The van der Waals surface area contributed by atoms with Gasteiger partial charge in [0.2, 0.25) is 0 Å². The van der Waals surface area contributed by atoms with Gasteiger partial charge in [0, 0.05) is 0 Å². The van der Waals surface area contributed by atoms with Crippen LogP contribution in [0.5, 0.6) is 0 Å². The normalized spacial score (nSPS) is 13.8. The molecule has 0 amide bonds. The predicted octanol–water partition coefficient (Wildman–Crippen LogP) is 4.71. The lowest BCUT2D eigenvalue weighted by Gasteiger charge is -2.15. The molecular formula is C4H10Br4Si2. The van der Waals surface area contributed by atoms with Gasteiger partial charge >= 0.3 is 0 Å². The van der Waals surface area contributed by atoms with Gasteiger partial charge in [0.15, 0.2) is 10.6 Å². The van der Waals surface area contributed by atoms with Gasteiger partial charge in [0.1, 0.15) is 0 Å². The monoisotopic (exact) mass is 430 g/mol. The fraction of sp³-hybridized carbons (Fsp3) is 1.00. The minimum Gasteiger partial charge on any atom is -0.111 e. The van der Waals surface area contributed by atoms with Crippen molar-refractivity contribution in [3.63, 3.8) is 0 Å². The Labute approximate surface area is 95.9 Å². The summed E-state index contributed by atoms with van der Waals surface area (Å²) >= 11 is 14.7. The zero-order chi connectivity index (χ0) is 8.41. The lowest BCUT2D eigenvalue weighted by atomic mass is 10.9. The van der Waals surface area contributed by atoms with Crippen LogP contribution in [-0.4, -0.2) is 10.6 Å². The van der Waals surface area contributed by atoms with E-state index in [0.29, 0.717) is 0 Å². The Kier molecular flexibility index (Phi) is 5.62. The molecule has 0 rings (SSSR count). The molecule has 0 heterocycles. The molecule has 6 heteroatoms. The zero-order valence-electron chi connectivity index (χ0n) is 5.93. The molecular weight excluding hydrogens is 424 g/mol. The molecule has 0 aromatic rings. The van der Waals surface area contributed by atoms with Gasteiger partial charge in [0.25, 0.3) is 0 Å². The molecule has 0 aliphatic heterocycles. The summed E-state index contributed by atoms with van der Waals surface area (Å²) < 4.78 is 0. The van der Waals surface area contributed by atoms with E-state index in [-0.39, 0.29) is 0 Å². The molecule has 0 radical (unpaired) electrons. The Morgan fingerprint density at radius 1 is 0.800 bits per heavy atom. The third-order valence-corrected chi connectivity index (χ3v) is 8.52. The van der Waals surface area contributed by atoms with Crippen molar-refractivity contribution in [2.75, 3.05) is 0 Å². The van der Waals surface area contributed by atoms with E-state index in [1.807, 2.05) is 0 Å². The van der Waals surface area contributed by atoms with Crippen LogP contribution >= 0.6 is 61.2 Å². The molecule has 0 unspecified atom stereocenters. The molecule has 10 heavy (non-hydrogen) atoms. The highest BCUT2D eigenvalue weighted by molar-refractivity contribution is 9.51. The van der Waals surface area contributed by atoms with Crippen LogP contribution in [0.4, 0.5) is 0 Å². The fourth-order valence-corrected chi connectivity index (χ4v) is 11.1. The van der Waals surface area contributed by atoms with Crippen LogP contribution in [0.1, 0.15) is 0 Å². The molecule has 0 aromatic carbocycles. The standard InChI is InChI=1S/C4H10Br4Si2/c1-9(5,6)3-4-10(2,7)8/h3-4H2,1-2H3.